The fraction of sp³-hybridized carbons (Fsp3) is 0.0714. The summed E-state index contributed by atoms with van der Waals surface area (Å²) in [5.41, 5.74) is 1.66. The Bertz CT molecular complexity index is 562. The van der Waals surface area contributed by atoms with E-state index in [9.17, 15) is 9.18 Å². The van der Waals surface area contributed by atoms with E-state index in [1.807, 2.05) is 30.3 Å². The lowest BCUT2D eigenvalue weighted by molar-refractivity contribution is 0.0691. The van der Waals surface area contributed by atoms with Crippen molar-refractivity contribution in [3.05, 3.63) is 59.4 Å². The second-order valence-electron chi connectivity index (χ2n) is 3.77. The van der Waals surface area contributed by atoms with Gasteiger partial charge in [-0.25, -0.2) is 9.18 Å². The van der Waals surface area contributed by atoms with Gasteiger partial charge in [-0.15, -0.1) is 0 Å². The number of rotatable bonds is 2. The topological polar surface area (TPSA) is 37.3 Å². The molecule has 0 atom stereocenters. The number of carboxylic acids is 1. The van der Waals surface area contributed by atoms with Crippen molar-refractivity contribution >= 4 is 5.97 Å². The van der Waals surface area contributed by atoms with Crippen molar-refractivity contribution < 1.29 is 14.3 Å². The van der Waals surface area contributed by atoms with Crippen LogP contribution in [-0.2, 0) is 0 Å². The number of hydrogen-bond acceptors (Lipinski definition) is 1. The molecule has 0 aliphatic rings. The number of carboxylic acid groups (broad SMARTS) is 1. The van der Waals surface area contributed by atoms with E-state index in [2.05, 4.69) is 0 Å². The summed E-state index contributed by atoms with van der Waals surface area (Å²) < 4.78 is 13.8. The van der Waals surface area contributed by atoms with Gasteiger partial charge in [0.05, 0.1) is 5.56 Å². The van der Waals surface area contributed by atoms with Gasteiger partial charge in [-0.05, 0) is 29.7 Å². The van der Waals surface area contributed by atoms with Crippen molar-refractivity contribution in [1.82, 2.24) is 0 Å². The molecule has 0 radical (unpaired) electrons. The fourth-order valence-corrected chi connectivity index (χ4v) is 1.78. The zero-order chi connectivity index (χ0) is 12.4. The molecule has 2 aromatic rings. The number of benzene rings is 2. The van der Waals surface area contributed by atoms with Crippen LogP contribution in [-0.4, -0.2) is 11.1 Å². The van der Waals surface area contributed by atoms with E-state index in [-0.39, 0.29) is 5.56 Å². The lowest BCUT2D eigenvalue weighted by atomic mass is 9.98. The van der Waals surface area contributed by atoms with Gasteiger partial charge in [0, 0.05) is 0 Å². The molecule has 0 aliphatic carbocycles. The smallest absolute Gasteiger partial charge is 0.338 e. The van der Waals surface area contributed by atoms with E-state index in [1.165, 1.54) is 6.07 Å². The van der Waals surface area contributed by atoms with Gasteiger partial charge in [-0.2, -0.15) is 0 Å². The lowest BCUT2D eigenvalue weighted by Crippen LogP contribution is -2.03. The molecule has 0 amide bonds. The molecule has 1 N–H and O–H groups in total. The van der Waals surface area contributed by atoms with Crippen LogP contribution in [0.2, 0.25) is 0 Å². The molecule has 0 saturated heterocycles. The Balaban J connectivity index is 2.60. The third-order valence-electron chi connectivity index (χ3n) is 2.70. The Hall–Kier alpha value is -2.16. The third kappa shape index (κ3) is 2.04. The van der Waals surface area contributed by atoms with E-state index in [0.29, 0.717) is 11.1 Å². The van der Waals surface area contributed by atoms with E-state index in [1.54, 1.807) is 13.0 Å². The molecular formula is C14H11FO2. The van der Waals surface area contributed by atoms with Crippen molar-refractivity contribution in [1.29, 1.82) is 0 Å². The molecule has 0 saturated carbocycles. The monoisotopic (exact) mass is 230 g/mol. The molecule has 0 fully saturated rings. The Morgan fingerprint density at radius 1 is 1.12 bits per heavy atom. The quantitative estimate of drug-likeness (QED) is 0.857. The standard InChI is InChI=1S/C14H11FO2/c1-9-11(10-5-3-2-4-6-10)7-8-12(13(9)15)14(16)17/h2-8H,1H3,(H,16,17). The zero-order valence-electron chi connectivity index (χ0n) is 9.27. The normalized spacial score (nSPS) is 10.2. The minimum atomic E-state index is -1.25. The third-order valence-corrected chi connectivity index (χ3v) is 2.70. The molecule has 0 bridgehead atoms. The predicted molar refractivity (Wildman–Crippen MR) is 63.5 cm³/mol. The van der Waals surface area contributed by atoms with E-state index < -0.39 is 11.8 Å². The maximum atomic E-state index is 13.8. The highest BCUT2D eigenvalue weighted by Crippen LogP contribution is 2.26. The van der Waals surface area contributed by atoms with Crippen molar-refractivity contribution in [3.8, 4) is 11.1 Å². The maximum absolute atomic E-state index is 13.8. The molecule has 2 rings (SSSR count). The molecule has 2 nitrogen and oxygen atoms in total. The summed E-state index contributed by atoms with van der Waals surface area (Å²) in [6.45, 7) is 1.59. The summed E-state index contributed by atoms with van der Waals surface area (Å²) in [6, 6.07) is 12.3. The molecule has 86 valence electrons. The highest BCUT2D eigenvalue weighted by atomic mass is 19.1. The molecular weight excluding hydrogens is 219 g/mol. The molecule has 0 aromatic heterocycles. The van der Waals surface area contributed by atoms with Gasteiger partial charge in [-0.3, -0.25) is 0 Å². The van der Waals surface area contributed by atoms with Crippen molar-refractivity contribution in [2.45, 2.75) is 6.92 Å². The Morgan fingerprint density at radius 3 is 2.35 bits per heavy atom. The number of carbonyl (C=O) groups is 1. The Kier molecular flexibility index (Phi) is 2.91. The predicted octanol–water partition coefficient (Wildman–Crippen LogP) is 3.50. The molecule has 0 unspecified atom stereocenters. The first-order chi connectivity index (χ1) is 8.11. The maximum Gasteiger partial charge on any atom is 0.338 e. The molecule has 17 heavy (non-hydrogen) atoms. The van der Waals surface area contributed by atoms with Crippen LogP contribution in [0.15, 0.2) is 42.5 Å². The molecule has 0 heterocycles. The van der Waals surface area contributed by atoms with E-state index in [0.717, 1.165) is 5.56 Å². The Morgan fingerprint density at radius 2 is 1.76 bits per heavy atom. The number of aromatic carboxylic acids is 1. The minimum absolute atomic E-state index is 0.290. The van der Waals surface area contributed by atoms with Gasteiger partial charge in [0.2, 0.25) is 0 Å². The minimum Gasteiger partial charge on any atom is -0.478 e. The van der Waals surface area contributed by atoms with Crippen molar-refractivity contribution in [2.24, 2.45) is 0 Å². The summed E-state index contributed by atoms with van der Waals surface area (Å²) in [5.74, 6) is -1.91. The van der Waals surface area contributed by atoms with Crippen molar-refractivity contribution in [2.75, 3.05) is 0 Å². The van der Waals surface area contributed by atoms with Gasteiger partial charge in [-0.1, -0.05) is 36.4 Å². The highest BCUT2D eigenvalue weighted by molar-refractivity contribution is 5.89. The van der Waals surface area contributed by atoms with Crippen LogP contribution >= 0.6 is 0 Å². The van der Waals surface area contributed by atoms with Gasteiger partial charge in [0.15, 0.2) is 0 Å². The van der Waals surface area contributed by atoms with Crippen LogP contribution in [0.4, 0.5) is 4.39 Å². The summed E-state index contributed by atoms with van der Waals surface area (Å²) >= 11 is 0. The van der Waals surface area contributed by atoms with Crippen LogP contribution in [0.3, 0.4) is 0 Å². The summed E-state index contributed by atoms with van der Waals surface area (Å²) in [5, 5.41) is 8.81. The largest absolute Gasteiger partial charge is 0.478 e. The van der Waals surface area contributed by atoms with Crippen LogP contribution < -0.4 is 0 Å². The highest BCUT2D eigenvalue weighted by Gasteiger charge is 2.15. The second-order valence-corrected chi connectivity index (χ2v) is 3.77. The summed E-state index contributed by atoms with van der Waals surface area (Å²) in [6.07, 6.45) is 0. The Labute approximate surface area is 98.3 Å². The fourth-order valence-electron chi connectivity index (χ4n) is 1.78. The SMILES string of the molecule is Cc1c(-c2ccccc2)ccc(C(=O)O)c1F. The summed E-state index contributed by atoms with van der Waals surface area (Å²) in [7, 11) is 0. The van der Waals surface area contributed by atoms with Crippen LogP contribution in [0.5, 0.6) is 0 Å². The van der Waals surface area contributed by atoms with Gasteiger partial charge < -0.3 is 5.11 Å². The van der Waals surface area contributed by atoms with Gasteiger partial charge in [0.25, 0.3) is 0 Å². The van der Waals surface area contributed by atoms with E-state index >= 15 is 0 Å². The summed E-state index contributed by atoms with van der Waals surface area (Å²) in [4.78, 5) is 10.8. The second kappa shape index (κ2) is 4.37. The average molecular weight is 230 g/mol. The lowest BCUT2D eigenvalue weighted by Gasteiger charge is -2.08. The molecule has 0 spiro atoms. The first-order valence-corrected chi connectivity index (χ1v) is 5.19. The molecule has 2 aromatic carbocycles. The van der Waals surface area contributed by atoms with Crippen molar-refractivity contribution in [3.63, 3.8) is 0 Å². The van der Waals surface area contributed by atoms with Crippen LogP contribution in [0.25, 0.3) is 11.1 Å². The first kappa shape index (κ1) is 11.3. The van der Waals surface area contributed by atoms with Crippen LogP contribution in [0, 0.1) is 12.7 Å². The van der Waals surface area contributed by atoms with Crippen LogP contribution in [0.1, 0.15) is 15.9 Å². The molecule has 0 aliphatic heterocycles. The zero-order valence-corrected chi connectivity index (χ0v) is 9.27. The number of hydrogen-bond donors (Lipinski definition) is 1. The van der Waals surface area contributed by atoms with Gasteiger partial charge in [0.1, 0.15) is 5.82 Å². The number of halogens is 1. The average Bonchev–Trinajstić information content (AvgIpc) is 2.33. The van der Waals surface area contributed by atoms with Gasteiger partial charge >= 0.3 is 5.97 Å². The first-order valence-electron chi connectivity index (χ1n) is 5.19. The molecule has 3 heteroatoms. The van der Waals surface area contributed by atoms with E-state index in [4.69, 9.17) is 5.11 Å².